The van der Waals surface area contributed by atoms with E-state index in [1.54, 1.807) is 0 Å². The third-order valence-corrected chi connectivity index (χ3v) is 6.67. The summed E-state index contributed by atoms with van der Waals surface area (Å²) in [5.74, 6) is 1.02. The van der Waals surface area contributed by atoms with Crippen LogP contribution in [0.4, 0.5) is 5.69 Å². The monoisotopic (exact) mass is 418 g/mol. The number of aromatic nitrogens is 3. The minimum atomic E-state index is -0.0296. The Labute approximate surface area is 188 Å². The Balaban J connectivity index is 1.59. The molecule has 0 bridgehead atoms. The molecule has 3 aromatic carbocycles. The van der Waals surface area contributed by atoms with Crippen LogP contribution in [0.5, 0.6) is 0 Å². The van der Waals surface area contributed by atoms with Crippen LogP contribution in [0.1, 0.15) is 34.2 Å². The molecule has 1 N–H and O–H groups in total. The average Bonchev–Trinajstić information content (AvgIpc) is 3.31. The quantitative estimate of drug-likeness (QED) is 0.346. The van der Waals surface area contributed by atoms with Crippen LogP contribution in [0.2, 0.25) is 0 Å². The van der Waals surface area contributed by atoms with E-state index >= 15 is 0 Å². The van der Waals surface area contributed by atoms with Crippen LogP contribution in [-0.4, -0.2) is 14.1 Å². The summed E-state index contributed by atoms with van der Waals surface area (Å²) in [6.07, 6.45) is -0.0296. The minimum Gasteiger partial charge on any atom is -0.360 e. The number of nitrogens with one attached hydrogen (secondary N) is 1. The molecule has 158 valence electrons. The lowest BCUT2D eigenvalue weighted by atomic mass is 10.1. The molecule has 0 fully saturated rings. The van der Waals surface area contributed by atoms with Crippen molar-refractivity contribution >= 4 is 16.7 Å². The molecule has 32 heavy (non-hydrogen) atoms. The Kier molecular flexibility index (Phi) is 4.06. The number of rotatable bonds is 2. The molecule has 4 heteroatoms. The molecule has 1 aliphatic heterocycles. The van der Waals surface area contributed by atoms with Crippen molar-refractivity contribution in [2.24, 2.45) is 0 Å². The van der Waals surface area contributed by atoms with Gasteiger partial charge in [-0.3, -0.25) is 4.57 Å². The average molecular weight is 419 g/mol. The fraction of sp³-hybridized carbons (Fsp3) is 0.179. The standard InChI is InChI=1S/C28H26N4/c1-17-13-14-25(18(2)15-17)31-19(3)16-22(20(31)4)28-29-23-10-6-5-9-21(23)27-30-24-11-7-8-12-26(24)32(27)28/h5-16,28-29H,1-4H3. The van der Waals surface area contributed by atoms with Crippen molar-refractivity contribution in [1.29, 1.82) is 0 Å². The second-order valence-corrected chi connectivity index (χ2v) is 8.84. The van der Waals surface area contributed by atoms with Gasteiger partial charge in [-0.15, -0.1) is 0 Å². The highest BCUT2D eigenvalue weighted by molar-refractivity contribution is 5.86. The van der Waals surface area contributed by atoms with Crippen molar-refractivity contribution in [3.63, 3.8) is 0 Å². The van der Waals surface area contributed by atoms with Gasteiger partial charge in [-0.2, -0.15) is 0 Å². The first-order valence-electron chi connectivity index (χ1n) is 11.1. The van der Waals surface area contributed by atoms with Crippen molar-refractivity contribution in [3.8, 4) is 17.1 Å². The van der Waals surface area contributed by atoms with E-state index in [-0.39, 0.29) is 6.17 Å². The van der Waals surface area contributed by atoms with Crippen LogP contribution in [0.25, 0.3) is 28.1 Å². The minimum absolute atomic E-state index is 0.0296. The number of imidazole rings is 1. The second kappa shape index (κ2) is 6.86. The number of hydrogen-bond acceptors (Lipinski definition) is 2. The Morgan fingerprint density at radius 1 is 0.844 bits per heavy atom. The summed E-state index contributed by atoms with van der Waals surface area (Å²) >= 11 is 0. The van der Waals surface area contributed by atoms with E-state index in [4.69, 9.17) is 4.98 Å². The predicted molar refractivity (Wildman–Crippen MR) is 132 cm³/mol. The van der Waals surface area contributed by atoms with Gasteiger partial charge in [0.1, 0.15) is 12.0 Å². The summed E-state index contributed by atoms with van der Waals surface area (Å²) in [7, 11) is 0. The van der Waals surface area contributed by atoms with Gasteiger partial charge in [0.15, 0.2) is 0 Å². The van der Waals surface area contributed by atoms with Crippen LogP contribution >= 0.6 is 0 Å². The summed E-state index contributed by atoms with van der Waals surface area (Å²) < 4.78 is 4.73. The maximum absolute atomic E-state index is 5.03. The third-order valence-electron chi connectivity index (χ3n) is 6.67. The van der Waals surface area contributed by atoms with E-state index in [2.05, 4.69) is 115 Å². The van der Waals surface area contributed by atoms with Gasteiger partial charge in [-0.1, -0.05) is 42.0 Å². The summed E-state index contributed by atoms with van der Waals surface area (Å²) in [5.41, 5.74) is 12.0. The van der Waals surface area contributed by atoms with Crippen molar-refractivity contribution in [2.75, 3.05) is 5.32 Å². The lowest BCUT2D eigenvalue weighted by molar-refractivity contribution is 0.663. The van der Waals surface area contributed by atoms with Crippen molar-refractivity contribution in [3.05, 3.63) is 101 Å². The van der Waals surface area contributed by atoms with E-state index in [1.807, 2.05) is 0 Å². The molecule has 0 saturated heterocycles. The van der Waals surface area contributed by atoms with Gasteiger partial charge in [0.05, 0.1) is 11.0 Å². The molecular formula is C28H26N4. The highest BCUT2D eigenvalue weighted by Gasteiger charge is 2.30. The SMILES string of the molecule is Cc1ccc(-n2c(C)cc(C3Nc4ccccc4-c4nc5ccccc5n43)c2C)c(C)c1. The molecule has 3 heterocycles. The molecule has 1 atom stereocenters. The number of nitrogens with zero attached hydrogens (tertiary/aromatic N) is 3. The van der Waals surface area contributed by atoms with Crippen molar-refractivity contribution in [2.45, 2.75) is 33.9 Å². The molecule has 1 unspecified atom stereocenters. The smallest absolute Gasteiger partial charge is 0.145 e. The molecule has 0 radical (unpaired) electrons. The van der Waals surface area contributed by atoms with Gasteiger partial charge in [-0.05, 0) is 69.7 Å². The van der Waals surface area contributed by atoms with Crippen molar-refractivity contribution < 1.29 is 0 Å². The summed E-state index contributed by atoms with van der Waals surface area (Å²) in [5, 5.41) is 3.81. The molecule has 0 spiro atoms. The first-order chi connectivity index (χ1) is 15.5. The van der Waals surface area contributed by atoms with E-state index in [0.717, 1.165) is 28.1 Å². The Morgan fingerprint density at radius 2 is 1.62 bits per heavy atom. The van der Waals surface area contributed by atoms with E-state index < -0.39 is 0 Å². The summed E-state index contributed by atoms with van der Waals surface area (Å²) in [4.78, 5) is 5.03. The van der Waals surface area contributed by atoms with E-state index in [9.17, 15) is 0 Å². The van der Waals surface area contributed by atoms with Crippen LogP contribution in [0.15, 0.2) is 72.8 Å². The van der Waals surface area contributed by atoms with Gasteiger partial charge in [0, 0.05) is 33.9 Å². The molecule has 1 aliphatic rings. The lowest BCUT2D eigenvalue weighted by Gasteiger charge is -2.30. The molecule has 0 aliphatic carbocycles. The van der Waals surface area contributed by atoms with Gasteiger partial charge >= 0.3 is 0 Å². The maximum atomic E-state index is 5.03. The number of para-hydroxylation sites is 3. The molecule has 2 aromatic heterocycles. The lowest BCUT2D eigenvalue weighted by Crippen LogP contribution is -2.25. The molecule has 0 amide bonds. The van der Waals surface area contributed by atoms with Crippen LogP contribution < -0.4 is 5.32 Å². The second-order valence-electron chi connectivity index (χ2n) is 8.84. The molecular weight excluding hydrogens is 392 g/mol. The van der Waals surface area contributed by atoms with Gasteiger partial charge in [0.2, 0.25) is 0 Å². The number of hydrogen-bond donors (Lipinski definition) is 1. The normalized spacial score (nSPS) is 14.8. The van der Waals surface area contributed by atoms with Crippen molar-refractivity contribution in [1.82, 2.24) is 14.1 Å². The Bertz CT molecular complexity index is 1500. The predicted octanol–water partition coefficient (Wildman–Crippen LogP) is 6.70. The number of benzene rings is 3. The largest absolute Gasteiger partial charge is 0.360 e. The highest BCUT2D eigenvalue weighted by atomic mass is 15.2. The Hall–Kier alpha value is -3.79. The molecule has 5 aromatic rings. The number of fused-ring (bicyclic) bond motifs is 5. The zero-order chi connectivity index (χ0) is 22.0. The Morgan fingerprint density at radius 3 is 2.47 bits per heavy atom. The van der Waals surface area contributed by atoms with Gasteiger partial charge in [0.25, 0.3) is 0 Å². The maximum Gasteiger partial charge on any atom is 0.145 e. The number of aryl methyl sites for hydroxylation is 3. The zero-order valence-electron chi connectivity index (χ0n) is 18.8. The van der Waals surface area contributed by atoms with Crippen LogP contribution in [0.3, 0.4) is 0 Å². The first kappa shape index (κ1) is 18.9. The van der Waals surface area contributed by atoms with E-state index in [0.29, 0.717) is 0 Å². The van der Waals surface area contributed by atoms with Gasteiger partial charge < -0.3 is 9.88 Å². The fourth-order valence-electron chi connectivity index (χ4n) is 5.22. The third kappa shape index (κ3) is 2.65. The summed E-state index contributed by atoms with van der Waals surface area (Å²) in [6, 6.07) is 25.9. The number of anilines is 1. The van der Waals surface area contributed by atoms with E-state index in [1.165, 1.54) is 33.8 Å². The van der Waals surface area contributed by atoms with Crippen LogP contribution in [-0.2, 0) is 0 Å². The molecule has 6 rings (SSSR count). The highest BCUT2D eigenvalue weighted by Crippen LogP contribution is 2.42. The van der Waals surface area contributed by atoms with Gasteiger partial charge in [-0.25, -0.2) is 4.98 Å². The van der Waals surface area contributed by atoms with Crippen LogP contribution in [0, 0.1) is 27.7 Å². The zero-order valence-corrected chi connectivity index (χ0v) is 18.8. The summed E-state index contributed by atoms with van der Waals surface area (Å²) in [6.45, 7) is 8.76. The topological polar surface area (TPSA) is 34.8 Å². The molecule has 4 nitrogen and oxygen atoms in total. The first-order valence-corrected chi connectivity index (χ1v) is 11.1. The molecule has 0 saturated carbocycles. The fourth-order valence-corrected chi connectivity index (χ4v) is 5.22.